The summed E-state index contributed by atoms with van der Waals surface area (Å²) in [5.41, 5.74) is 6.40. The maximum absolute atomic E-state index is 6.09. The molecule has 1 aliphatic rings. The van der Waals surface area contributed by atoms with Gasteiger partial charge in [-0.3, -0.25) is 0 Å². The summed E-state index contributed by atoms with van der Waals surface area (Å²) in [4.78, 5) is 4.32. The van der Waals surface area contributed by atoms with E-state index in [4.69, 9.17) is 19.8 Å². The Morgan fingerprint density at radius 3 is 2.30 bits per heavy atom. The number of aromatic nitrogens is 1. The number of nitrogens with zero attached hydrogens (tertiary/aromatic N) is 1. The zero-order valence-corrected chi connectivity index (χ0v) is 13.9. The molecule has 0 atom stereocenters. The molecular formula is C17H21BN2O3. The molecule has 2 N–H and O–H groups in total. The second-order valence-electron chi connectivity index (χ2n) is 6.63. The second-order valence-corrected chi connectivity index (χ2v) is 6.63. The number of para-hydroxylation sites is 2. The van der Waals surface area contributed by atoms with Gasteiger partial charge in [0, 0.05) is 11.7 Å². The van der Waals surface area contributed by atoms with Gasteiger partial charge < -0.3 is 19.8 Å². The molecule has 1 aromatic carbocycles. The van der Waals surface area contributed by atoms with Crippen LogP contribution in [-0.2, 0) is 9.31 Å². The summed E-state index contributed by atoms with van der Waals surface area (Å²) in [6.07, 6.45) is 1.67. The minimum atomic E-state index is -0.534. The highest BCUT2D eigenvalue weighted by Gasteiger charge is 2.52. The highest BCUT2D eigenvalue weighted by molar-refractivity contribution is 6.63. The number of nitrogens with two attached hydrogens (primary N) is 1. The van der Waals surface area contributed by atoms with Gasteiger partial charge in [0.25, 0.3) is 0 Å². The molecule has 1 aromatic heterocycles. The first-order valence-corrected chi connectivity index (χ1v) is 7.63. The van der Waals surface area contributed by atoms with E-state index in [1.807, 2.05) is 52.0 Å². The first-order chi connectivity index (χ1) is 10.8. The number of nitrogen functional groups attached to an aromatic ring is 1. The number of anilines is 1. The van der Waals surface area contributed by atoms with E-state index in [1.165, 1.54) is 0 Å². The lowest BCUT2D eigenvalue weighted by Gasteiger charge is -2.32. The third kappa shape index (κ3) is 2.92. The van der Waals surface area contributed by atoms with Gasteiger partial charge in [-0.05, 0) is 45.9 Å². The molecule has 0 aliphatic carbocycles. The molecule has 0 unspecified atom stereocenters. The van der Waals surface area contributed by atoms with Gasteiger partial charge in [-0.15, -0.1) is 0 Å². The number of hydrogen-bond donors (Lipinski definition) is 1. The number of pyridine rings is 1. The number of benzene rings is 1. The monoisotopic (exact) mass is 312 g/mol. The van der Waals surface area contributed by atoms with E-state index in [9.17, 15) is 0 Å². The van der Waals surface area contributed by atoms with Gasteiger partial charge in [-0.2, -0.15) is 0 Å². The summed E-state index contributed by atoms with van der Waals surface area (Å²) < 4.78 is 18.1. The average Bonchev–Trinajstić information content (AvgIpc) is 2.70. The highest BCUT2D eigenvalue weighted by Crippen LogP contribution is 2.37. The standard InChI is InChI=1S/C17H21BN2O3/c1-16(2)17(3,4)23-18(22-16)12-8-7-11-20-15(12)21-14-10-6-5-9-13(14)19/h5-11H,19H2,1-4H3. The maximum Gasteiger partial charge on any atom is 0.500 e. The fraction of sp³-hybridized carbons (Fsp3) is 0.353. The van der Waals surface area contributed by atoms with Crippen LogP contribution >= 0.6 is 0 Å². The van der Waals surface area contributed by atoms with E-state index >= 15 is 0 Å². The molecule has 6 heteroatoms. The zero-order valence-electron chi connectivity index (χ0n) is 13.9. The van der Waals surface area contributed by atoms with Gasteiger partial charge in [0.15, 0.2) is 5.75 Å². The lowest BCUT2D eigenvalue weighted by Crippen LogP contribution is -2.41. The fourth-order valence-corrected chi connectivity index (χ4v) is 2.32. The van der Waals surface area contributed by atoms with Crippen LogP contribution in [0.15, 0.2) is 42.6 Å². The van der Waals surface area contributed by atoms with Gasteiger partial charge in [0.1, 0.15) is 0 Å². The van der Waals surface area contributed by atoms with Crippen molar-refractivity contribution in [1.29, 1.82) is 0 Å². The molecule has 23 heavy (non-hydrogen) atoms. The molecule has 0 spiro atoms. The Morgan fingerprint density at radius 2 is 1.65 bits per heavy atom. The molecule has 1 saturated heterocycles. The van der Waals surface area contributed by atoms with Crippen molar-refractivity contribution in [3.63, 3.8) is 0 Å². The van der Waals surface area contributed by atoms with Gasteiger partial charge in [0.2, 0.25) is 5.88 Å². The van der Waals surface area contributed by atoms with Crippen LogP contribution in [0.5, 0.6) is 11.6 Å². The van der Waals surface area contributed by atoms with Crippen molar-refractivity contribution in [2.75, 3.05) is 5.73 Å². The van der Waals surface area contributed by atoms with Crippen molar-refractivity contribution in [2.45, 2.75) is 38.9 Å². The summed E-state index contributed by atoms with van der Waals surface area (Å²) in [5, 5.41) is 0. The van der Waals surface area contributed by atoms with Crippen LogP contribution in [0, 0.1) is 0 Å². The largest absolute Gasteiger partial charge is 0.500 e. The van der Waals surface area contributed by atoms with Crippen LogP contribution in [0.25, 0.3) is 0 Å². The first kappa shape index (κ1) is 15.8. The fourth-order valence-electron chi connectivity index (χ4n) is 2.32. The maximum atomic E-state index is 6.09. The van der Waals surface area contributed by atoms with E-state index in [-0.39, 0.29) is 0 Å². The summed E-state index contributed by atoms with van der Waals surface area (Å²) >= 11 is 0. The van der Waals surface area contributed by atoms with E-state index in [2.05, 4.69) is 4.98 Å². The third-order valence-electron chi connectivity index (χ3n) is 4.43. The Labute approximate surface area is 136 Å². The molecule has 1 aliphatic heterocycles. The molecule has 2 aromatic rings. The van der Waals surface area contributed by atoms with Crippen LogP contribution in [0.2, 0.25) is 0 Å². The predicted molar refractivity (Wildman–Crippen MR) is 90.9 cm³/mol. The number of hydrogen-bond acceptors (Lipinski definition) is 5. The summed E-state index contributed by atoms with van der Waals surface area (Å²) in [5.74, 6) is 0.993. The predicted octanol–water partition coefficient (Wildman–Crippen LogP) is 2.76. The van der Waals surface area contributed by atoms with E-state index in [0.717, 1.165) is 5.46 Å². The van der Waals surface area contributed by atoms with Crippen LogP contribution in [-0.4, -0.2) is 23.3 Å². The Bertz CT molecular complexity index is 702. The topological polar surface area (TPSA) is 66.6 Å². The Hall–Kier alpha value is -2.05. The Balaban J connectivity index is 1.92. The van der Waals surface area contributed by atoms with Crippen LogP contribution in [0.1, 0.15) is 27.7 Å². The number of ether oxygens (including phenoxy) is 1. The summed E-state index contributed by atoms with van der Waals surface area (Å²) in [7, 11) is -0.534. The van der Waals surface area contributed by atoms with Crippen molar-refractivity contribution >= 4 is 18.3 Å². The van der Waals surface area contributed by atoms with Crippen LogP contribution < -0.4 is 15.9 Å². The SMILES string of the molecule is CC1(C)OB(c2cccnc2Oc2ccccc2N)OC1(C)C. The summed E-state index contributed by atoms with van der Waals surface area (Å²) in [6.45, 7) is 8.05. The molecule has 0 radical (unpaired) electrons. The van der Waals surface area contributed by atoms with Crippen molar-refractivity contribution in [3.05, 3.63) is 42.6 Å². The van der Waals surface area contributed by atoms with Gasteiger partial charge in [-0.25, -0.2) is 4.98 Å². The molecule has 1 fully saturated rings. The molecule has 3 rings (SSSR count). The molecule has 5 nitrogen and oxygen atoms in total. The molecule has 0 amide bonds. The minimum absolute atomic E-state index is 0.420. The van der Waals surface area contributed by atoms with Gasteiger partial charge in [-0.1, -0.05) is 18.2 Å². The second kappa shape index (κ2) is 5.55. The van der Waals surface area contributed by atoms with Gasteiger partial charge >= 0.3 is 7.12 Å². The molecule has 0 bridgehead atoms. The van der Waals surface area contributed by atoms with Crippen molar-refractivity contribution in [3.8, 4) is 11.6 Å². The van der Waals surface area contributed by atoms with Crippen LogP contribution in [0.3, 0.4) is 0 Å². The normalized spacial score (nSPS) is 18.9. The third-order valence-corrected chi connectivity index (χ3v) is 4.43. The Kier molecular flexibility index (Phi) is 3.82. The number of rotatable bonds is 3. The highest BCUT2D eigenvalue weighted by atomic mass is 16.7. The average molecular weight is 312 g/mol. The molecular weight excluding hydrogens is 291 g/mol. The molecule has 0 saturated carbocycles. The van der Waals surface area contributed by atoms with Gasteiger partial charge in [0.05, 0.1) is 16.9 Å². The quantitative estimate of drug-likeness (QED) is 0.697. The first-order valence-electron chi connectivity index (χ1n) is 7.63. The van der Waals surface area contributed by atoms with Crippen molar-refractivity contribution in [2.24, 2.45) is 0 Å². The minimum Gasteiger partial charge on any atom is -0.437 e. The van der Waals surface area contributed by atoms with Crippen molar-refractivity contribution in [1.82, 2.24) is 4.98 Å². The lowest BCUT2D eigenvalue weighted by atomic mass is 9.80. The van der Waals surface area contributed by atoms with Crippen molar-refractivity contribution < 1.29 is 14.0 Å². The van der Waals surface area contributed by atoms with E-state index < -0.39 is 18.3 Å². The smallest absolute Gasteiger partial charge is 0.437 e. The molecule has 120 valence electrons. The zero-order chi connectivity index (χ0) is 16.7. The molecule has 2 heterocycles. The summed E-state index contributed by atoms with van der Waals surface area (Å²) in [6, 6.07) is 11.0. The van der Waals surface area contributed by atoms with Crippen LogP contribution in [0.4, 0.5) is 5.69 Å². The van der Waals surface area contributed by atoms with E-state index in [1.54, 1.807) is 18.3 Å². The lowest BCUT2D eigenvalue weighted by molar-refractivity contribution is 0.00578. The van der Waals surface area contributed by atoms with E-state index in [0.29, 0.717) is 17.3 Å². The Morgan fingerprint density at radius 1 is 1.00 bits per heavy atom.